The number of aryl methyl sites for hydroxylation is 4. The Morgan fingerprint density at radius 2 is 1.76 bits per heavy atom. The summed E-state index contributed by atoms with van der Waals surface area (Å²) in [6.45, 7) is 6.29. The first-order chi connectivity index (χ1) is 13.9. The van der Waals surface area contributed by atoms with E-state index in [-0.39, 0.29) is 0 Å². The third-order valence-corrected chi connectivity index (χ3v) is 5.96. The van der Waals surface area contributed by atoms with Crippen molar-refractivity contribution < 1.29 is 0 Å². The van der Waals surface area contributed by atoms with Crippen LogP contribution in [0.4, 0.5) is 5.95 Å². The van der Waals surface area contributed by atoms with Crippen LogP contribution in [0.25, 0.3) is 11.2 Å². The molecule has 1 aliphatic rings. The topological polar surface area (TPSA) is 102 Å². The van der Waals surface area contributed by atoms with Gasteiger partial charge in [-0.3, -0.25) is 14.3 Å². The quantitative estimate of drug-likeness (QED) is 0.499. The minimum absolute atomic E-state index is 0.397. The van der Waals surface area contributed by atoms with Gasteiger partial charge in [-0.2, -0.15) is 4.98 Å². The summed E-state index contributed by atoms with van der Waals surface area (Å²) < 4.78 is 3.34. The number of fused-ring (bicyclic) bond motifs is 1. The largest absolute Gasteiger partial charge is 0.342 e. The Morgan fingerprint density at radius 3 is 2.45 bits per heavy atom. The van der Waals surface area contributed by atoms with Crippen molar-refractivity contribution in [1.82, 2.24) is 29.1 Å². The smallest absolute Gasteiger partial charge is 0.329 e. The summed E-state index contributed by atoms with van der Waals surface area (Å²) in [6.07, 6.45) is 3.41. The van der Waals surface area contributed by atoms with Gasteiger partial charge in [-0.15, -0.1) is 0 Å². The van der Waals surface area contributed by atoms with Crippen molar-refractivity contribution in [3.8, 4) is 0 Å². The average Bonchev–Trinajstić information content (AvgIpc) is 3.06. The predicted molar refractivity (Wildman–Crippen MR) is 114 cm³/mol. The minimum Gasteiger partial charge on any atom is -0.342 e. The highest BCUT2D eigenvalue weighted by Crippen LogP contribution is 2.24. The van der Waals surface area contributed by atoms with E-state index < -0.39 is 11.2 Å². The van der Waals surface area contributed by atoms with E-state index >= 15 is 0 Å². The van der Waals surface area contributed by atoms with Crippen molar-refractivity contribution in [1.29, 1.82) is 0 Å². The van der Waals surface area contributed by atoms with E-state index in [1.807, 2.05) is 24.5 Å². The molecule has 9 nitrogen and oxygen atoms in total. The molecule has 3 aromatic rings. The Hall–Kier alpha value is -2.62. The summed E-state index contributed by atoms with van der Waals surface area (Å²) in [5.41, 5.74) is 1.89. The number of nitrogens with zero attached hydrogens (tertiary/aromatic N) is 6. The van der Waals surface area contributed by atoms with Crippen LogP contribution in [0.5, 0.6) is 0 Å². The summed E-state index contributed by atoms with van der Waals surface area (Å²) >= 11 is 1.55. The second kappa shape index (κ2) is 8.02. The fourth-order valence-electron chi connectivity index (χ4n) is 3.76. The Bertz CT molecular complexity index is 1140. The third kappa shape index (κ3) is 3.93. The van der Waals surface area contributed by atoms with E-state index in [2.05, 4.69) is 19.9 Å². The van der Waals surface area contributed by atoms with E-state index in [4.69, 9.17) is 4.98 Å². The lowest BCUT2D eigenvalue weighted by Crippen LogP contribution is -2.32. The highest BCUT2D eigenvalue weighted by atomic mass is 32.2. The number of H-pyrrole nitrogens is 1. The van der Waals surface area contributed by atoms with Crippen molar-refractivity contribution >= 4 is 28.9 Å². The zero-order valence-electron chi connectivity index (χ0n) is 16.9. The fraction of sp³-hybridized carbons (Fsp3) is 0.526. The van der Waals surface area contributed by atoms with Crippen LogP contribution in [-0.2, 0) is 13.6 Å². The summed E-state index contributed by atoms with van der Waals surface area (Å²) in [6, 6.07) is 1.95. The summed E-state index contributed by atoms with van der Waals surface area (Å²) in [5, 5.41) is 0.729. The van der Waals surface area contributed by atoms with Crippen LogP contribution in [0.2, 0.25) is 0 Å². The molecular weight excluding hydrogens is 390 g/mol. The molecule has 154 valence electrons. The van der Waals surface area contributed by atoms with Crippen LogP contribution in [0.15, 0.2) is 20.8 Å². The van der Waals surface area contributed by atoms with E-state index in [0.717, 1.165) is 48.4 Å². The number of rotatable bonds is 5. The summed E-state index contributed by atoms with van der Waals surface area (Å²) in [7, 11) is 1.63. The van der Waals surface area contributed by atoms with Crippen LogP contribution in [-0.4, -0.2) is 47.9 Å². The zero-order valence-corrected chi connectivity index (χ0v) is 17.8. The molecule has 1 saturated heterocycles. The van der Waals surface area contributed by atoms with Crippen LogP contribution in [0.1, 0.15) is 30.7 Å². The monoisotopic (exact) mass is 415 g/mol. The molecule has 0 saturated carbocycles. The first-order valence-electron chi connectivity index (χ1n) is 9.83. The normalized spacial score (nSPS) is 14.7. The number of aromatic amines is 1. The third-order valence-electron chi connectivity index (χ3n) is 5.13. The van der Waals surface area contributed by atoms with Gasteiger partial charge in [0.1, 0.15) is 0 Å². The first kappa shape index (κ1) is 19.7. The summed E-state index contributed by atoms with van der Waals surface area (Å²) in [4.78, 5) is 42.9. The van der Waals surface area contributed by atoms with Crippen molar-refractivity contribution in [2.24, 2.45) is 7.05 Å². The maximum Gasteiger partial charge on any atom is 0.329 e. The van der Waals surface area contributed by atoms with Crippen LogP contribution in [0, 0.1) is 13.8 Å². The standard InChI is InChI=1S/C19H25N7O2S/c1-12-11-13(2)21-17(20-12)29-10-9-26-14-15(24(3)19(28)23-16(14)27)22-18(26)25-7-5-4-6-8-25/h11H,4-10H2,1-3H3,(H,23,27,28). The molecule has 1 N–H and O–H groups in total. The molecule has 0 spiro atoms. The lowest BCUT2D eigenvalue weighted by molar-refractivity contribution is 0.559. The van der Waals surface area contributed by atoms with Crippen molar-refractivity contribution in [3.63, 3.8) is 0 Å². The molecule has 3 aromatic heterocycles. The minimum atomic E-state index is -0.449. The van der Waals surface area contributed by atoms with Crippen molar-refractivity contribution in [2.75, 3.05) is 23.7 Å². The molecule has 10 heteroatoms. The van der Waals surface area contributed by atoms with Gasteiger partial charge in [0.05, 0.1) is 0 Å². The molecule has 4 heterocycles. The molecule has 4 rings (SSSR count). The van der Waals surface area contributed by atoms with Crippen LogP contribution in [0.3, 0.4) is 0 Å². The number of anilines is 1. The molecule has 0 radical (unpaired) electrons. The molecule has 0 amide bonds. The van der Waals surface area contributed by atoms with Gasteiger partial charge in [-0.05, 0) is 39.2 Å². The SMILES string of the molecule is Cc1cc(C)nc(SCCn2c(N3CCCCC3)nc3c2c(=O)[nH]c(=O)n3C)n1. The van der Waals surface area contributed by atoms with E-state index in [9.17, 15) is 9.59 Å². The Labute approximate surface area is 172 Å². The van der Waals surface area contributed by atoms with Crippen LogP contribution < -0.4 is 16.1 Å². The van der Waals surface area contributed by atoms with Gasteiger partial charge in [0.15, 0.2) is 16.3 Å². The number of piperidine rings is 1. The van der Waals surface area contributed by atoms with Gasteiger partial charge in [-0.1, -0.05) is 11.8 Å². The molecule has 29 heavy (non-hydrogen) atoms. The molecule has 0 aromatic carbocycles. The molecule has 1 aliphatic heterocycles. The molecular formula is C19H25N7O2S. The highest BCUT2D eigenvalue weighted by molar-refractivity contribution is 7.99. The second-order valence-corrected chi connectivity index (χ2v) is 8.45. The average molecular weight is 416 g/mol. The lowest BCUT2D eigenvalue weighted by atomic mass is 10.1. The first-order valence-corrected chi connectivity index (χ1v) is 10.8. The molecule has 0 bridgehead atoms. The molecule has 0 unspecified atom stereocenters. The van der Waals surface area contributed by atoms with Gasteiger partial charge >= 0.3 is 5.69 Å². The number of aromatic nitrogens is 6. The highest BCUT2D eigenvalue weighted by Gasteiger charge is 2.22. The number of hydrogen-bond donors (Lipinski definition) is 1. The van der Waals surface area contributed by atoms with Gasteiger partial charge in [0, 0.05) is 43.8 Å². The summed E-state index contributed by atoms with van der Waals surface area (Å²) in [5.74, 6) is 1.45. The van der Waals surface area contributed by atoms with E-state index in [0.29, 0.717) is 23.5 Å². The van der Waals surface area contributed by atoms with Gasteiger partial charge in [-0.25, -0.2) is 14.8 Å². The predicted octanol–water partition coefficient (Wildman–Crippen LogP) is 1.61. The second-order valence-electron chi connectivity index (χ2n) is 7.38. The van der Waals surface area contributed by atoms with E-state index in [1.165, 1.54) is 11.0 Å². The molecule has 0 atom stereocenters. The van der Waals surface area contributed by atoms with Gasteiger partial charge in [0.2, 0.25) is 5.95 Å². The molecule has 0 aliphatic carbocycles. The van der Waals surface area contributed by atoms with Crippen LogP contribution >= 0.6 is 11.8 Å². The molecule has 1 fully saturated rings. The number of thioether (sulfide) groups is 1. The lowest BCUT2D eigenvalue weighted by Gasteiger charge is -2.28. The van der Waals surface area contributed by atoms with Gasteiger partial charge in [0.25, 0.3) is 5.56 Å². The number of nitrogens with one attached hydrogen (secondary N) is 1. The maximum atomic E-state index is 12.6. The van der Waals surface area contributed by atoms with E-state index in [1.54, 1.807) is 18.8 Å². The maximum absolute atomic E-state index is 12.6. The van der Waals surface area contributed by atoms with Crippen molar-refractivity contribution in [3.05, 3.63) is 38.3 Å². The van der Waals surface area contributed by atoms with Crippen molar-refractivity contribution in [2.45, 2.75) is 44.8 Å². The Kier molecular flexibility index (Phi) is 5.44. The number of hydrogen-bond acceptors (Lipinski definition) is 7. The Balaban J connectivity index is 1.70. The zero-order chi connectivity index (χ0) is 20.5. The fourth-order valence-corrected chi connectivity index (χ4v) is 4.63. The van der Waals surface area contributed by atoms with Gasteiger partial charge < -0.3 is 9.47 Å². The number of imidazole rings is 1. The Morgan fingerprint density at radius 1 is 1.07 bits per heavy atom.